The van der Waals surface area contributed by atoms with Crippen molar-refractivity contribution < 1.29 is 32.2 Å². The summed E-state index contributed by atoms with van der Waals surface area (Å²) < 4.78 is 48.0. The number of rotatable bonds is 7. The van der Waals surface area contributed by atoms with Crippen molar-refractivity contribution in [1.82, 2.24) is 4.31 Å². The summed E-state index contributed by atoms with van der Waals surface area (Å²) in [6.07, 6.45) is -0.438. The van der Waals surface area contributed by atoms with Crippen LogP contribution >= 0.6 is 11.8 Å². The van der Waals surface area contributed by atoms with Crippen LogP contribution in [0.2, 0.25) is 0 Å². The molecule has 0 aromatic heterocycles. The summed E-state index contributed by atoms with van der Waals surface area (Å²) in [7, 11) is 0.254. The summed E-state index contributed by atoms with van der Waals surface area (Å²) in [6.45, 7) is 3.70. The summed E-state index contributed by atoms with van der Waals surface area (Å²) in [5.41, 5.74) is 0. The highest BCUT2D eigenvalue weighted by Crippen LogP contribution is 2.38. The summed E-state index contributed by atoms with van der Waals surface area (Å²) >= 11 is 1.47. The van der Waals surface area contributed by atoms with Gasteiger partial charge in [-0.25, -0.2) is 8.42 Å². The summed E-state index contributed by atoms with van der Waals surface area (Å²) in [5.74, 6) is 0.442. The molecule has 1 saturated heterocycles. The molecule has 1 aromatic carbocycles. The Morgan fingerprint density at radius 3 is 2.39 bits per heavy atom. The minimum absolute atomic E-state index is 0.00786. The van der Waals surface area contributed by atoms with Crippen molar-refractivity contribution in [2.24, 2.45) is 0 Å². The average Bonchev–Trinajstić information content (AvgIpc) is 2.81. The van der Waals surface area contributed by atoms with E-state index in [0.717, 1.165) is 0 Å². The van der Waals surface area contributed by atoms with Gasteiger partial charge in [-0.15, -0.1) is 0 Å². The van der Waals surface area contributed by atoms with E-state index in [0.29, 0.717) is 11.5 Å². The molecule has 28 heavy (non-hydrogen) atoms. The maximum absolute atomic E-state index is 13.5. The Labute approximate surface area is 170 Å². The molecule has 0 aliphatic carbocycles. The van der Waals surface area contributed by atoms with Crippen molar-refractivity contribution in [3.8, 4) is 5.75 Å². The fourth-order valence-corrected chi connectivity index (χ4v) is 6.00. The molecule has 10 heteroatoms. The number of esters is 1. The number of nitrogens with zero attached hydrogens (tertiary/aromatic N) is 1. The lowest BCUT2D eigenvalue weighted by Crippen LogP contribution is -2.55. The molecule has 0 amide bonds. The highest BCUT2D eigenvalue weighted by molar-refractivity contribution is 8.00. The molecule has 1 heterocycles. The van der Waals surface area contributed by atoms with Crippen LogP contribution in [-0.4, -0.2) is 76.0 Å². The number of benzene rings is 1. The SMILES string of the molecule is COCO[C@H]1CSC(C)(C)[C@H](C(=O)OC)N(S(=O)(=O)c2ccc(OC)cc2)C1. The predicted molar refractivity (Wildman–Crippen MR) is 106 cm³/mol. The van der Waals surface area contributed by atoms with E-state index in [4.69, 9.17) is 18.9 Å². The van der Waals surface area contributed by atoms with Crippen LogP contribution in [-0.2, 0) is 29.0 Å². The maximum atomic E-state index is 13.5. The molecule has 0 radical (unpaired) electrons. The first-order valence-corrected chi connectivity index (χ1v) is 11.1. The molecule has 0 unspecified atom stereocenters. The third-order valence-corrected chi connectivity index (χ3v) is 7.83. The molecule has 8 nitrogen and oxygen atoms in total. The monoisotopic (exact) mass is 433 g/mol. The van der Waals surface area contributed by atoms with Gasteiger partial charge in [0.25, 0.3) is 0 Å². The molecule has 2 rings (SSSR count). The Bertz CT molecular complexity index is 765. The van der Waals surface area contributed by atoms with E-state index in [1.807, 2.05) is 13.8 Å². The first kappa shape index (κ1) is 23.0. The van der Waals surface area contributed by atoms with E-state index in [1.165, 1.54) is 49.5 Å². The zero-order valence-corrected chi connectivity index (χ0v) is 18.3. The largest absolute Gasteiger partial charge is 0.497 e. The molecule has 0 bridgehead atoms. The van der Waals surface area contributed by atoms with Gasteiger partial charge in [-0.3, -0.25) is 4.79 Å². The van der Waals surface area contributed by atoms with Gasteiger partial charge in [0.1, 0.15) is 18.6 Å². The first-order valence-electron chi connectivity index (χ1n) is 8.65. The molecule has 1 aliphatic heterocycles. The van der Waals surface area contributed by atoms with E-state index in [1.54, 1.807) is 12.1 Å². The van der Waals surface area contributed by atoms with Gasteiger partial charge in [-0.05, 0) is 38.1 Å². The van der Waals surface area contributed by atoms with Gasteiger partial charge in [0.05, 0.1) is 25.2 Å². The smallest absolute Gasteiger partial charge is 0.325 e. The lowest BCUT2D eigenvalue weighted by atomic mass is 10.0. The third kappa shape index (κ3) is 4.98. The second kappa shape index (κ2) is 9.45. The molecule has 1 aliphatic rings. The van der Waals surface area contributed by atoms with Crippen LogP contribution in [0.1, 0.15) is 13.8 Å². The molecule has 0 N–H and O–H groups in total. The van der Waals surface area contributed by atoms with Gasteiger partial charge < -0.3 is 18.9 Å². The topological polar surface area (TPSA) is 91.4 Å². The zero-order valence-electron chi connectivity index (χ0n) is 16.7. The van der Waals surface area contributed by atoms with Crippen LogP contribution in [0, 0.1) is 0 Å². The predicted octanol–water partition coefficient (Wildman–Crippen LogP) is 1.74. The fourth-order valence-electron chi connectivity index (χ4n) is 2.99. The first-order chi connectivity index (χ1) is 13.2. The van der Waals surface area contributed by atoms with Crippen LogP contribution in [0.4, 0.5) is 0 Å². The number of hydrogen-bond donors (Lipinski definition) is 0. The number of thioether (sulfide) groups is 1. The van der Waals surface area contributed by atoms with Crippen molar-refractivity contribution >= 4 is 27.8 Å². The average molecular weight is 434 g/mol. The quantitative estimate of drug-likeness (QED) is 0.474. The Morgan fingerprint density at radius 1 is 1.21 bits per heavy atom. The summed E-state index contributed by atoms with van der Waals surface area (Å²) in [5, 5.41) is 0. The number of hydrogen-bond acceptors (Lipinski definition) is 8. The zero-order chi connectivity index (χ0) is 20.9. The minimum atomic E-state index is -4.00. The molecule has 1 aromatic rings. The molecule has 158 valence electrons. The standard InChI is InChI=1S/C18H27NO7S2/c1-18(2)16(17(20)25-5)19(10-14(11-27-18)26-12-23-3)28(21,22)15-8-6-13(24-4)7-9-15/h6-9,14,16H,10-12H2,1-5H3/t14-,16+/m1/s1. The van der Waals surface area contributed by atoms with Gasteiger partial charge in [-0.2, -0.15) is 16.1 Å². The minimum Gasteiger partial charge on any atom is -0.497 e. The highest BCUT2D eigenvalue weighted by atomic mass is 32.2. The lowest BCUT2D eigenvalue weighted by molar-refractivity contribution is -0.146. The van der Waals surface area contributed by atoms with Gasteiger partial charge in [-0.1, -0.05) is 0 Å². The maximum Gasteiger partial charge on any atom is 0.325 e. The Balaban J connectivity index is 2.50. The summed E-state index contributed by atoms with van der Waals surface area (Å²) in [6, 6.07) is 5.04. The van der Waals surface area contributed by atoms with Crippen molar-refractivity contribution in [2.45, 2.75) is 35.6 Å². The van der Waals surface area contributed by atoms with Crippen LogP contribution in [0.3, 0.4) is 0 Å². The molecule has 0 saturated carbocycles. The molecule has 0 spiro atoms. The third-order valence-electron chi connectivity index (χ3n) is 4.48. The molecular weight excluding hydrogens is 406 g/mol. The number of carbonyl (C=O) groups is 1. The van der Waals surface area contributed by atoms with Gasteiger partial charge in [0, 0.05) is 24.2 Å². The van der Waals surface area contributed by atoms with Crippen LogP contribution in [0.25, 0.3) is 0 Å². The lowest BCUT2D eigenvalue weighted by Gasteiger charge is -2.36. The van der Waals surface area contributed by atoms with E-state index in [-0.39, 0.29) is 18.2 Å². The Hall–Kier alpha value is -1.33. The van der Waals surface area contributed by atoms with Crippen LogP contribution in [0.15, 0.2) is 29.2 Å². The van der Waals surface area contributed by atoms with Crippen molar-refractivity contribution in [3.05, 3.63) is 24.3 Å². The van der Waals surface area contributed by atoms with Crippen LogP contribution < -0.4 is 4.74 Å². The van der Waals surface area contributed by atoms with Gasteiger partial charge in [0.15, 0.2) is 0 Å². The number of ether oxygens (including phenoxy) is 4. The highest BCUT2D eigenvalue weighted by Gasteiger charge is 2.49. The molecule has 2 atom stereocenters. The van der Waals surface area contributed by atoms with Gasteiger partial charge in [0.2, 0.25) is 10.0 Å². The number of sulfonamides is 1. The number of methoxy groups -OCH3 is 3. The fraction of sp³-hybridized carbons (Fsp3) is 0.611. The second-order valence-electron chi connectivity index (χ2n) is 6.79. The molecular formula is C18H27NO7S2. The van der Waals surface area contributed by atoms with Crippen molar-refractivity contribution in [3.63, 3.8) is 0 Å². The normalized spacial score (nSPS) is 23.0. The van der Waals surface area contributed by atoms with E-state index < -0.39 is 32.9 Å². The van der Waals surface area contributed by atoms with E-state index in [9.17, 15) is 13.2 Å². The van der Waals surface area contributed by atoms with Crippen LogP contribution in [0.5, 0.6) is 5.75 Å². The van der Waals surface area contributed by atoms with Crippen molar-refractivity contribution in [2.75, 3.05) is 40.4 Å². The molecule has 1 fully saturated rings. The number of carbonyl (C=O) groups excluding carboxylic acids is 1. The summed E-state index contributed by atoms with van der Waals surface area (Å²) in [4.78, 5) is 12.7. The Morgan fingerprint density at radius 2 is 1.86 bits per heavy atom. The van der Waals surface area contributed by atoms with Gasteiger partial charge >= 0.3 is 5.97 Å². The van der Waals surface area contributed by atoms with Crippen molar-refractivity contribution in [1.29, 1.82) is 0 Å². The van der Waals surface area contributed by atoms with E-state index in [2.05, 4.69) is 0 Å². The Kier molecular flexibility index (Phi) is 7.74. The second-order valence-corrected chi connectivity index (χ2v) is 10.4. The van der Waals surface area contributed by atoms with E-state index >= 15 is 0 Å².